The van der Waals surface area contributed by atoms with Crippen LogP contribution in [0, 0.1) is 5.82 Å². The molecule has 1 aromatic heterocycles. The van der Waals surface area contributed by atoms with Crippen molar-refractivity contribution in [3.8, 4) is 11.6 Å². The number of ether oxygens (including phenoxy) is 2. The van der Waals surface area contributed by atoms with E-state index in [9.17, 15) is 22.4 Å². The van der Waals surface area contributed by atoms with Crippen molar-refractivity contribution in [1.29, 1.82) is 0 Å². The van der Waals surface area contributed by atoms with E-state index in [0.717, 1.165) is 18.4 Å². The van der Waals surface area contributed by atoms with E-state index in [-0.39, 0.29) is 18.2 Å². The summed E-state index contributed by atoms with van der Waals surface area (Å²) < 4.78 is 58.2. The number of pyridine rings is 1. The van der Waals surface area contributed by atoms with Crippen molar-refractivity contribution < 1.29 is 31.8 Å². The lowest BCUT2D eigenvalue weighted by molar-refractivity contribution is -0.154. The first kappa shape index (κ1) is 26.0. The predicted octanol–water partition coefficient (Wildman–Crippen LogP) is 4.76. The average molecular weight is 445 g/mol. The van der Waals surface area contributed by atoms with Crippen molar-refractivity contribution in [1.82, 2.24) is 10.3 Å². The second-order valence-electron chi connectivity index (χ2n) is 6.51. The van der Waals surface area contributed by atoms with E-state index in [1.54, 1.807) is 6.07 Å². The van der Waals surface area contributed by atoms with Gasteiger partial charge in [-0.2, -0.15) is 13.2 Å². The number of nitrogens with one attached hydrogen (secondary N) is 1. The highest BCUT2D eigenvalue weighted by Gasteiger charge is 2.28. The molecule has 0 saturated carbocycles. The van der Waals surface area contributed by atoms with E-state index in [0.29, 0.717) is 17.9 Å². The van der Waals surface area contributed by atoms with Crippen LogP contribution in [-0.4, -0.2) is 30.4 Å². The number of nitrogens with two attached hydrogens (primary N) is 1. The quantitative estimate of drug-likeness (QED) is 0.665. The molecule has 172 valence electrons. The van der Waals surface area contributed by atoms with Crippen LogP contribution in [-0.2, 0) is 13.0 Å². The number of amides is 2. The maximum atomic E-state index is 12.9. The van der Waals surface area contributed by atoms with Gasteiger partial charge in [-0.05, 0) is 36.1 Å². The minimum Gasteiger partial charge on any atom is -0.490 e. The Morgan fingerprint density at radius 2 is 2.00 bits per heavy atom. The first-order chi connectivity index (χ1) is 14.7. The summed E-state index contributed by atoms with van der Waals surface area (Å²) in [5.74, 6) is 0.0621. The SMILES string of the molecule is CCC.Fc1cccc2c1OCCC2.NC(=O)NCc1ccnc(OCC(F)(F)F)c1. The number of hydrogen-bond donors (Lipinski definition) is 2. The lowest BCUT2D eigenvalue weighted by Gasteiger charge is -2.16. The van der Waals surface area contributed by atoms with E-state index in [2.05, 4.69) is 28.9 Å². The second-order valence-corrected chi connectivity index (χ2v) is 6.51. The number of alkyl halides is 3. The molecule has 2 aromatic rings. The van der Waals surface area contributed by atoms with E-state index in [1.165, 1.54) is 30.8 Å². The number of halogens is 4. The van der Waals surface area contributed by atoms with Gasteiger partial charge in [-0.3, -0.25) is 0 Å². The first-order valence-electron chi connectivity index (χ1n) is 9.74. The van der Waals surface area contributed by atoms with Crippen molar-refractivity contribution in [2.45, 2.75) is 45.8 Å². The van der Waals surface area contributed by atoms with Crippen LogP contribution in [0.4, 0.5) is 22.4 Å². The molecule has 0 saturated heterocycles. The van der Waals surface area contributed by atoms with Crippen molar-refractivity contribution in [3.63, 3.8) is 0 Å². The molecule has 1 aliphatic heterocycles. The van der Waals surface area contributed by atoms with Gasteiger partial charge in [0.1, 0.15) is 0 Å². The normalized spacial score (nSPS) is 12.1. The van der Waals surface area contributed by atoms with E-state index >= 15 is 0 Å². The Balaban J connectivity index is 0.000000292. The third kappa shape index (κ3) is 11.1. The minimum atomic E-state index is -4.41. The molecule has 0 bridgehead atoms. The fourth-order valence-corrected chi connectivity index (χ4v) is 2.33. The zero-order chi connectivity index (χ0) is 23.3. The lowest BCUT2D eigenvalue weighted by Crippen LogP contribution is -2.28. The fraction of sp³-hybridized carbons (Fsp3) is 0.429. The molecule has 0 spiro atoms. The van der Waals surface area contributed by atoms with Crippen molar-refractivity contribution in [2.24, 2.45) is 5.73 Å². The number of carbonyl (C=O) groups is 1. The molecule has 1 aliphatic rings. The maximum absolute atomic E-state index is 12.9. The molecule has 3 rings (SSSR count). The highest BCUT2D eigenvalue weighted by atomic mass is 19.4. The molecule has 10 heteroatoms. The van der Waals surface area contributed by atoms with Crippen LogP contribution in [0.25, 0.3) is 0 Å². The molecule has 31 heavy (non-hydrogen) atoms. The summed E-state index contributed by atoms with van der Waals surface area (Å²) in [6, 6.07) is 7.17. The lowest BCUT2D eigenvalue weighted by atomic mass is 10.1. The van der Waals surface area contributed by atoms with Crippen LogP contribution in [0.1, 0.15) is 37.8 Å². The van der Waals surface area contributed by atoms with Gasteiger partial charge in [0.2, 0.25) is 5.88 Å². The predicted molar refractivity (Wildman–Crippen MR) is 108 cm³/mol. The number of benzene rings is 1. The Kier molecular flexibility index (Phi) is 11.2. The van der Waals surface area contributed by atoms with Gasteiger partial charge >= 0.3 is 12.2 Å². The monoisotopic (exact) mass is 445 g/mol. The summed E-state index contributed by atoms with van der Waals surface area (Å²) in [5, 5.41) is 2.29. The van der Waals surface area contributed by atoms with Gasteiger partial charge in [-0.1, -0.05) is 32.4 Å². The summed E-state index contributed by atoms with van der Waals surface area (Å²) in [6.45, 7) is 3.58. The van der Waals surface area contributed by atoms with Crippen molar-refractivity contribution >= 4 is 6.03 Å². The third-order valence-electron chi connectivity index (χ3n) is 3.54. The van der Waals surface area contributed by atoms with E-state index in [4.69, 9.17) is 10.5 Å². The van der Waals surface area contributed by atoms with Crippen molar-refractivity contribution in [3.05, 3.63) is 53.5 Å². The Morgan fingerprint density at radius 3 is 2.61 bits per heavy atom. The number of nitrogens with zero attached hydrogens (tertiary/aromatic N) is 1. The van der Waals surface area contributed by atoms with Gasteiger partial charge in [0, 0.05) is 18.8 Å². The van der Waals surface area contributed by atoms with Crippen LogP contribution in [0.15, 0.2) is 36.5 Å². The number of aromatic nitrogens is 1. The Morgan fingerprint density at radius 1 is 1.29 bits per heavy atom. The van der Waals surface area contributed by atoms with Crippen LogP contribution >= 0.6 is 0 Å². The van der Waals surface area contributed by atoms with Gasteiger partial charge in [0.05, 0.1) is 6.61 Å². The number of para-hydroxylation sites is 1. The smallest absolute Gasteiger partial charge is 0.422 e. The molecule has 6 nitrogen and oxygen atoms in total. The molecule has 0 radical (unpaired) electrons. The molecule has 2 amide bonds. The molecule has 1 aromatic carbocycles. The topological polar surface area (TPSA) is 86.5 Å². The highest BCUT2D eigenvalue weighted by molar-refractivity contribution is 5.71. The number of fused-ring (bicyclic) bond motifs is 1. The van der Waals surface area contributed by atoms with Crippen LogP contribution in [0.3, 0.4) is 0 Å². The van der Waals surface area contributed by atoms with E-state index in [1.807, 2.05) is 6.07 Å². The number of rotatable bonds is 4. The number of carbonyl (C=O) groups excluding carboxylic acids is 1. The Labute approximate surface area is 178 Å². The molecule has 0 aliphatic carbocycles. The summed E-state index contributed by atoms with van der Waals surface area (Å²) in [6.07, 6.45) is 0.0520. The minimum absolute atomic E-state index is 0.0975. The maximum Gasteiger partial charge on any atom is 0.422 e. The standard InChI is InChI=1S/C9H10F3N3O2.C9H9FO.C3H8/c10-9(11,12)5-17-7-3-6(1-2-14-7)4-15-8(13)16;10-8-5-1-3-7-4-2-6-11-9(7)8;1-3-2/h1-3H,4-5H2,(H3,13,15,16);1,3,5H,2,4,6H2;3H2,1-2H3. The number of urea groups is 1. The van der Waals surface area contributed by atoms with Crippen molar-refractivity contribution in [2.75, 3.05) is 13.2 Å². The van der Waals surface area contributed by atoms with Gasteiger partial charge in [0.25, 0.3) is 0 Å². The number of aryl methyl sites for hydroxylation is 1. The molecular weight excluding hydrogens is 418 g/mol. The Bertz CT molecular complexity index is 817. The van der Waals surface area contributed by atoms with Crippen LogP contribution < -0.4 is 20.5 Å². The Hall–Kier alpha value is -3.04. The summed E-state index contributed by atoms with van der Waals surface area (Å²) in [5.41, 5.74) is 6.38. The number of primary amides is 1. The van der Waals surface area contributed by atoms with Gasteiger partial charge in [-0.15, -0.1) is 0 Å². The molecule has 0 unspecified atom stereocenters. The van der Waals surface area contributed by atoms with Gasteiger partial charge in [-0.25, -0.2) is 14.2 Å². The molecule has 0 fully saturated rings. The number of hydrogen-bond acceptors (Lipinski definition) is 4. The molecule has 3 N–H and O–H groups in total. The fourth-order valence-electron chi connectivity index (χ4n) is 2.33. The van der Waals surface area contributed by atoms with E-state index < -0.39 is 18.8 Å². The average Bonchev–Trinajstić information content (AvgIpc) is 2.72. The zero-order valence-electron chi connectivity index (χ0n) is 17.5. The summed E-state index contributed by atoms with van der Waals surface area (Å²) in [7, 11) is 0. The highest BCUT2D eigenvalue weighted by Crippen LogP contribution is 2.27. The largest absolute Gasteiger partial charge is 0.490 e. The van der Waals surface area contributed by atoms with Crippen LogP contribution in [0.2, 0.25) is 0 Å². The van der Waals surface area contributed by atoms with Gasteiger partial charge < -0.3 is 20.5 Å². The summed E-state index contributed by atoms with van der Waals surface area (Å²) in [4.78, 5) is 14.0. The third-order valence-corrected chi connectivity index (χ3v) is 3.54. The van der Waals surface area contributed by atoms with Gasteiger partial charge in [0.15, 0.2) is 18.2 Å². The second kappa shape index (κ2) is 13.3. The molecular formula is C21H27F4N3O3. The molecule has 0 atom stereocenters. The zero-order valence-corrected chi connectivity index (χ0v) is 17.5. The molecule has 2 heterocycles. The summed E-state index contributed by atoms with van der Waals surface area (Å²) >= 11 is 0. The first-order valence-corrected chi connectivity index (χ1v) is 9.74. The van der Waals surface area contributed by atoms with Crippen LogP contribution in [0.5, 0.6) is 11.6 Å².